The van der Waals surface area contributed by atoms with Crippen LogP contribution in [0.15, 0.2) is 59.5 Å². The number of ketones is 1. The topological polar surface area (TPSA) is 98.0 Å². The molecule has 0 spiro atoms. The standard InChI is InChI=1S/C20H14BrN3O3/c21-12-4-5-13-11(9-23-16(13)8-12)6-7-22-20(27)19(26)15-10-24-18-14(15)2-1-3-17(18)25/h1-10,23-25H,(H,22,27). The molecule has 0 aliphatic carbocycles. The number of aromatic amines is 2. The van der Waals surface area contributed by atoms with Crippen molar-refractivity contribution in [2.75, 3.05) is 0 Å². The molecule has 0 unspecified atom stereocenters. The Morgan fingerprint density at radius 1 is 1.07 bits per heavy atom. The Morgan fingerprint density at radius 3 is 2.78 bits per heavy atom. The van der Waals surface area contributed by atoms with Crippen LogP contribution < -0.4 is 5.32 Å². The minimum absolute atomic E-state index is 0.0258. The van der Waals surface area contributed by atoms with Crippen LogP contribution in [0.2, 0.25) is 0 Å². The van der Waals surface area contributed by atoms with E-state index in [1.165, 1.54) is 18.5 Å². The molecule has 0 atom stereocenters. The van der Waals surface area contributed by atoms with Crippen LogP contribution in [0.5, 0.6) is 5.75 Å². The number of carbonyl (C=O) groups is 2. The van der Waals surface area contributed by atoms with Crippen LogP contribution in [0.1, 0.15) is 15.9 Å². The highest BCUT2D eigenvalue weighted by Crippen LogP contribution is 2.26. The van der Waals surface area contributed by atoms with Crippen LogP contribution in [0.4, 0.5) is 0 Å². The molecule has 2 aromatic carbocycles. The highest BCUT2D eigenvalue weighted by molar-refractivity contribution is 9.10. The molecule has 1 amide bonds. The van der Waals surface area contributed by atoms with Gasteiger partial charge in [-0.25, -0.2) is 0 Å². The van der Waals surface area contributed by atoms with E-state index in [1.54, 1.807) is 18.2 Å². The fourth-order valence-corrected chi connectivity index (χ4v) is 3.34. The predicted molar refractivity (Wildman–Crippen MR) is 107 cm³/mol. The second kappa shape index (κ2) is 6.77. The Hall–Kier alpha value is -3.32. The molecule has 4 rings (SSSR count). The van der Waals surface area contributed by atoms with Crippen LogP contribution in [0.25, 0.3) is 27.9 Å². The fourth-order valence-electron chi connectivity index (χ4n) is 2.98. The zero-order chi connectivity index (χ0) is 19.0. The Labute approximate surface area is 162 Å². The number of aromatic hydroxyl groups is 1. The maximum Gasteiger partial charge on any atom is 0.296 e. The van der Waals surface area contributed by atoms with E-state index in [0.717, 1.165) is 20.9 Å². The molecule has 27 heavy (non-hydrogen) atoms. The monoisotopic (exact) mass is 423 g/mol. The number of H-pyrrole nitrogens is 2. The van der Waals surface area contributed by atoms with Crippen LogP contribution in [-0.4, -0.2) is 26.8 Å². The van der Waals surface area contributed by atoms with Gasteiger partial charge in [0, 0.05) is 44.9 Å². The van der Waals surface area contributed by atoms with Gasteiger partial charge in [0.2, 0.25) is 0 Å². The maximum absolute atomic E-state index is 12.4. The minimum atomic E-state index is -0.752. The van der Waals surface area contributed by atoms with Gasteiger partial charge < -0.3 is 20.4 Å². The number of hydrogen-bond acceptors (Lipinski definition) is 3. The van der Waals surface area contributed by atoms with E-state index in [0.29, 0.717) is 10.9 Å². The fraction of sp³-hybridized carbons (Fsp3) is 0. The number of halogens is 1. The first kappa shape index (κ1) is 17.1. The summed E-state index contributed by atoms with van der Waals surface area (Å²) in [6.45, 7) is 0. The van der Waals surface area contributed by atoms with Gasteiger partial charge in [0.15, 0.2) is 0 Å². The summed E-state index contributed by atoms with van der Waals surface area (Å²) < 4.78 is 0.969. The summed E-state index contributed by atoms with van der Waals surface area (Å²) >= 11 is 3.42. The smallest absolute Gasteiger partial charge is 0.296 e. The number of amides is 1. The third-order valence-corrected chi connectivity index (χ3v) is 4.79. The SMILES string of the molecule is O=C(NC=Cc1c[nH]c2cc(Br)ccc12)C(=O)c1c[nH]c2c(O)cccc12. The van der Waals surface area contributed by atoms with Crippen molar-refractivity contribution in [1.29, 1.82) is 0 Å². The number of carbonyl (C=O) groups excluding carboxylic acids is 2. The minimum Gasteiger partial charge on any atom is -0.506 e. The summed E-state index contributed by atoms with van der Waals surface area (Å²) in [6.07, 6.45) is 6.41. The summed E-state index contributed by atoms with van der Waals surface area (Å²) in [5, 5.41) is 13.8. The van der Waals surface area contributed by atoms with Crippen molar-refractivity contribution < 1.29 is 14.7 Å². The van der Waals surface area contributed by atoms with Crippen LogP contribution in [0, 0.1) is 0 Å². The van der Waals surface area contributed by atoms with E-state index in [2.05, 4.69) is 31.2 Å². The zero-order valence-corrected chi connectivity index (χ0v) is 15.5. The molecule has 4 aromatic rings. The number of nitrogens with one attached hydrogen (secondary N) is 3. The molecule has 0 saturated carbocycles. The maximum atomic E-state index is 12.4. The van der Waals surface area contributed by atoms with Crippen molar-refractivity contribution in [3.8, 4) is 5.75 Å². The van der Waals surface area contributed by atoms with Crippen molar-refractivity contribution in [2.45, 2.75) is 0 Å². The molecule has 0 radical (unpaired) electrons. The number of rotatable bonds is 4. The summed E-state index contributed by atoms with van der Waals surface area (Å²) in [5.74, 6) is -1.41. The number of hydrogen-bond donors (Lipinski definition) is 4. The van der Waals surface area contributed by atoms with Gasteiger partial charge in [-0.3, -0.25) is 9.59 Å². The van der Waals surface area contributed by atoms with E-state index in [9.17, 15) is 14.7 Å². The molecule has 2 heterocycles. The summed E-state index contributed by atoms with van der Waals surface area (Å²) in [6, 6.07) is 10.7. The number of para-hydroxylation sites is 1. The molecule has 0 saturated heterocycles. The Kier molecular flexibility index (Phi) is 4.29. The van der Waals surface area contributed by atoms with E-state index < -0.39 is 11.7 Å². The third-order valence-electron chi connectivity index (χ3n) is 4.30. The van der Waals surface area contributed by atoms with Crippen molar-refractivity contribution in [3.63, 3.8) is 0 Å². The molecule has 0 aliphatic rings. The first-order chi connectivity index (χ1) is 13.0. The molecule has 4 N–H and O–H groups in total. The second-order valence-corrected chi connectivity index (χ2v) is 6.89. The van der Waals surface area contributed by atoms with Crippen LogP contribution in [0.3, 0.4) is 0 Å². The first-order valence-corrected chi connectivity index (χ1v) is 8.91. The number of phenols is 1. The Bertz CT molecular complexity index is 1220. The van der Waals surface area contributed by atoms with Crippen molar-refractivity contribution in [1.82, 2.24) is 15.3 Å². The Morgan fingerprint density at radius 2 is 1.93 bits per heavy atom. The van der Waals surface area contributed by atoms with Gasteiger partial charge in [0.25, 0.3) is 11.7 Å². The summed E-state index contributed by atoms with van der Waals surface area (Å²) in [4.78, 5) is 30.6. The van der Waals surface area contributed by atoms with Gasteiger partial charge >= 0.3 is 0 Å². The van der Waals surface area contributed by atoms with Gasteiger partial charge in [-0.2, -0.15) is 0 Å². The molecular weight excluding hydrogens is 410 g/mol. The lowest BCUT2D eigenvalue weighted by atomic mass is 10.1. The molecule has 134 valence electrons. The van der Waals surface area contributed by atoms with Crippen molar-refractivity contribution in [3.05, 3.63) is 70.6 Å². The lowest BCUT2D eigenvalue weighted by Gasteiger charge is -1.99. The first-order valence-electron chi connectivity index (χ1n) is 8.12. The van der Waals surface area contributed by atoms with Gasteiger partial charge in [0.1, 0.15) is 5.75 Å². The van der Waals surface area contributed by atoms with Gasteiger partial charge in [-0.15, -0.1) is 0 Å². The lowest BCUT2D eigenvalue weighted by molar-refractivity contribution is -0.116. The number of Topliss-reactive ketones (excluding diaryl/α,β-unsaturated/α-hetero) is 1. The largest absolute Gasteiger partial charge is 0.506 e. The third kappa shape index (κ3) is 3.13. The molecule has 2 aromatic heterocycles. The highest BCUT2D eigenvalue weighted by Gasteiger charge is 2.19. The molecule has 7 heteroatoms. The van der Waals surface area contributed by atoms with Crippen molar-refractivity contribution >= 4 is 55.5 Å². The van der Waals surface area contributed by atoms with Crippen molar-refractivity contribution in [2.24, 2.45) is 0 Å². The van der Waals surface area contributed by atoms with Crippen LogP contribution >= 0.6 is 15.9 Å². The highest BCUT2D eigenvalue weighted by atomic mass is 79.9. The molecule has 0 aliphatic heterocycles. The van der Waals surface area contributed by atoms with E-state index >= 15 is 0 Å². The van der Waals surface area contributed by atoms with E-state index in [1.807, 2.05) is 24.4 Å². The average Bonchev–Trinajstić information content (AvgIpc) is 3.26. The Balaban J connectivity index is 1.52. The zero-order valence-electron chi connectivity index (χ0n) is 13.9. The summed E-state index contributed by atoms with van der Waals surface area (Å²) in [5.41, 5.74) is 2.49. The quantitative estimate of drug-likeness (QED) is 0.294. The van der Waals surface area contributed by atoms with E-state index in [4.69, 9.17) is 0 Å². The molecule has 6 nitrogen and oxygen atoms in total. The number of aromatic nitrogens is 2. The number of benzene rings is 2. The van der Waals surface area contributed by atoms with E-state index in [-0.39, 0.29) is 11.3 Å². The lowest BCUT2D eigenvalue weighted by Crippen LogP contribution is -2.26. The summed E-state index contributed by atoms with van der Waals surface area (Å²) in [7, 11) is 0. The van der Waals surface area contributed by atoms with Gasteiger partial charge in [0.05, 0.1) is 11.1 Å². The van der Waals surface area contributed by atoms with Gasteiger partial charge in [-0.1, -0.05) is 34.1 Å². The normalized spacial score (nSPS) is 11.4. The molecular formula is C20H14BrN3O3. The number of fused-ring (bicyclic) bond motifs is 2. The van der Waals surface area contributed by atoms with Gasteiger partial charge in [-0.05, 0) is 24.3 Å². The van der Waals surface area contributed by atoms with Crippen LogP contribution in [-0.2, 0) is 4.79 Å². The molecule has 0 bridgehead atoms. The molecule has 0 fully saturated rings. The average molecular weight is 424 g/mol. The second-order valence-electron chi connectivity index (χ2n) is 5.97. The predicted octanol–water partition coefficient (Wildman–Crippen LogP) is 4.09. The number of phenolic OH excluding ortho intramolecular Hbond substituents is 1.